The fourth-order valence-electron chi connectivity index (χ4n) is 2.87. The minimum absolute atomic E-state index is 0.0344. The predicted molar refractivity (Wildman–Crippen MR) is 97.6 cm³/mol. The van der Waals surface area contributed by atoms with Gasteiger partial charge in [0.05, 0.1) is 0 Å². The number of hydrogen-bond donors (Lipinski definition) is 3. The zero-order valence-electron chi connectivity index (χ0n) is 14.3. The maximum Gasteiger partial charge on any atom is 0.315 e. The molecule has 2 aromatic carbocycles. The average molecular weight is 340 g/mol. The Bertz CT molecular complexity index is 634. The summed E-state index contributed by atoms with van der Waals surface area (Å²) >= 11 is 0. The number of carboxylic acid groups (broad SMARTS) is 1. The maximum atomic E-state index is 12.1. The summed E-state index contributed by atoms with van der Waals surface area (Å²) in [6.07, 6.45) is 0.463. The van der Waals surface area contributed by atoms with Gasteiger partial charge in [0, 0.05) is 24.9 Å². The number of nitrogens with one attached hydrogen (secondary N) is 2. The minimum atomic E-state index is -0.858. The number of carbonyl (C=O) groups excluding carboxylic acids is 1. The Labute approximate surface area is 148 Å². The topological polar surface area (TPSA) is 78.4 Å². The summed E-state index contributed by atoms with van der Waals surface area (Å²) in [4.78, 5) is 22.6. The van der Waals surface area contributed by atoms with E-state index in [9.17, 15) is 9.59 Å². The van der Waals surface area contributed by atoms with E-state index in [0.29, 0.717) is 13.0 Å². The van der Waals surface area contributed by atoms with E-state index in [2.05, 4.69) is 34.9 Å². The van der Waals surface area contributed by atoms with E-state index >= 15 is 0 Å². The van der Waals surface area contributed by atoms with Crippen LogP contribution in [-0.2, 0) is 4.79 Å². The van der Waals surface area contributed by atoms with Crippen molar-refractivity contribution in [1.29, 1.82) is 0 Å². The van der Waals surface area contributed by atoms with Gasteiger partial charge in [0.25, 0.3) is 0 Å². The van der Waals surface area contributed by atoms with Crippen LogP contribution in [0.5, 0.6) is 0 Å². The third-order valence-electron chi connectivity index (χ3n) is 4.03. The zero-order chi connectivity index (χ0) is 18.1. The summed E-state index contributed by atoms with van der Waals surface area (Å²) in [6, 6.07) is 19.7. The van der Waals surface area contributed by atoms with E-state index < -0.39 is 5.97 Å². The third-order valence-corrected chi connectivity index (χ3v) is 4.03. The summed E-state index contributed by atoms with van der Waals surface area (Å²) in [7, 11) is 0. The number of carboxylic acids is 1. The van der Waals surface area contributed by atoms with Crippen molar-refractivity contribution >= 4 is 12.0 Å². The molecule has 5 heteroatoms. The van der Waals surface area contributed by atoms with Gasteiger partial charge in [0.2, 0.25) is 0 Å². The fraction of sp³-hybridized carbons (Fsp3) is 0.300. The molecule has 132 valence electrons. The number of benzene rings is 2. The van der Waals surface area contributed by atoms with Crippen LogP contribution >= 0.6 is 0 Å². The summed E-state index contributed by atoms with van der Waals surface area (Å²) in [6.45, 7) is 2.31. The van der Waals surface area contributed by atoms with Gasteiger partial charge in [-0.3, -0.25) is 4.79 Å². The molecule has 0 spiro atoms. The highest BCUT2D eigenvalue weighted by atomic mass is 16.4. The van der Waals surface area contributed by atoms with Gasteiger partial charge in [-0.15, -0.1) is 0 Å². The van der Waals surface area contributed by atoms with Crippen molar-refractivity contribution in [1.82, 2.24) is 10.6 Å². The minimum Gasteiger partial charge on any atom is -0.481 e. The molecule has 1 atom stereocenters. The zero-order valence-corrected chi connectivity index (χ0v) is 14.3. The lowest BCUT2D eigenvalue weighted by Crippen LogP contribution is -2.44. The normalized spacial score (nSPS) is 11.8. The van der Waals surface area contributed by atoms with Gasteiger partial charge >= 0.3 is 12.0 Å². The van der Waals surface area contributed by atoms with E-state index in [1.165, 1.54) is 0 Å². The van der Waals surface area contributed by atoms with Crippen molar-refractivity contribution in [3.63, 3.8) is 0 Å². The molecule has 0 aliphatic heterocycles. The summed E-state index contributed by atoms with van der Waals surface area (Å²) in [5.74, 6) is -0.823. The maximum absolute atomic E-state index is 12.1. The molecule has 0 heterocycles. The number of hydrogen-bond acceptors (Lipinski definition) is 2. The molecular weight excluding hydrogens is 316 g/mol. The standard InChI is InChI=1S/C20H24N2O3/c1-15(22-20(25)21-14-8-13-18(23)24)19(16-9-4-2-5-10-16)17-11-6-3-7-12-17/h2-7,9-12,15,19H,8,13-14H2,1H3,(H,23,24)(H2,21,22,25). The SMILES string of the molecule is CC(NC(=O)NCCCC(=O)O)C(c1ccccc1)c1ccccc1. The molecule has 1 unspecified atom stereocenters. The van der Waals surface area contributed by atoms with Crippen LogP contribution in [0.1, 0.15) is 36.8 Å². The lowest BCUT2D eigenvalue weighted by Gasteiger charge is -2.26. The molecule has 0 aliphatic rings. The summed E-state index contributed by atoms with van der Waals surface area (Å²) in [5, 5.41) is 14.3. The fourth-order valence-corrected chi connectivity index (χ4v) is 2.87. The van der Waals surface area contributed by atoms with Gasteiger partial charge in [0.15, 0.2) is 0 Å². The number of carbonyl (C=O) groups is 2. The first-order chi connectivity index (χ1) is 12.1. The Hall–Kier alpha value is -2.82. The van der Waals surface area contributed by atoms with Crippen molar-refractivity contribution < 1.29 is 14.7 Å². The van der Waals surface area contributed by atoms with Crippen molar-refractivity contribution in [2.24, 2.45) is 0 Å². The average Bonchev–Trinajstić information content (AvgIpc) is 2.60. The molecule has 0 bridgehead atoms. The first-order valence-corrected chi connectivity index (χ1v) is 8.44. The number of rotatable bonds is 8. The molecule has 2 amide bonds. The predicted octanol–water partition coefficient (Wildman–Crippen LogP) is 3.37. The van der Waals surface area contributed by atoms with Crippen LogP contribution in [0.2, 0.25) is 0 Å². The van der Waals surface area contributed by atoms with Crippen molar-refractivity contribution in [2.45, 2.75) is 31.7 Å². The van der Waals surface area contributed by atoms with Crippen LogP contribution < -0.4 is 10.6 Å². The highest BCUT2D eigenvalue weighted by Crippen LogP contribution is 2.27. The van der Waals surface area contributed by atoms with Crippen LogP contribution in [0.15, 0.2) is 60.7 Å². The third kappa shape index (κ3) is 5.95. The first-order valence-electron chi connectivity index (χ1n) is 8.44. The van der Waals surface area contributed by atoms with E-state index in [1.807, 2.05) is 43.3 Å². The molecule has 25 heavy (non-hydrogen) atoms. The molecule has 0 saturated carbocycles. The van der Waals surface area contributed by atoms with Crippen LogP contribution in [0, 0.1) is 0 Å². The lowest BCUT2D eigenvalue weighted by atomic mass is 9.86. The molecular formula is C20H24N2O3. The van der Waals surface area contributed by atoms with E-state index in [4.69, 9.17) is 5.11 Å². The molecule has 3 N–H and O–H groups in total. The van der Waals surface area contributed by atoms with Gasteiger partial charge in [-0.1, -0.05) is 60.7 Å². The largest absolute Gasteiger partial charge is 0.481 e. The van der Waals surface area contributed by atoms with Gasteiger partial charge < -0.3 is 15.7 Å². The smallest absolute Gasteiger partial charge is 0.315 e. The second-order valence-corrected chi connectivity index (χ2v) is 5.99. The summed E-state index contributed by atoms with van der Waals surface area (Å²) < 4.78 is 0. The second kappa shape index (κ2) is 9.47. The molecule has 0 aromatic heterocycles. The van der Waals surface area contributed by atoms with Gasteiger partial charge in [-0.2, -0.15) is 0 Å². The molecule has 2 aromatic rings. The van der Waals surface area contributed by atoms with E-state index in [-0.39, 0.29) is 24.4 Å². The Morgan fingerprint density at radius 2 is 1.48 bits per heavy atom. The molecule has 5 nitrogen and oxygen atoms in total. The van der Waals surface area contributed by atoms with E-state index in [0.717, 1.165) is 11.1 Å². The molecule has 2 rings (SSSR count). The Morgan fingerprint density at radius 3 is 1.96 bits per heavy atom. The van der Waals surface area contributed by atoms with Gasteiger partial charge in [-0.05, 0) is 24.5 Å². The van der Waals surface area contributed by atoms with Crippen LogP contribution in [0.25, 0.3) is 0 Å². The Kier molecular flexibility index (Phi) is 7.01. The lowest BCUT2D eigenvalue weighted by molar-refractivity contribution is -0.137. The monoisotopic (exact) mass is 340 g/mol. The summed E-state index contributed by atoms with van der Waals surface area (Å²) in [5.41, 5.74) is 2.26. The van der Waals surface area contributed by atoms with Crippen molar-refractivity contribution in [2.75, 3.05) is 6.54 Å². The van der Waals surface area contributed by atoms with E-state index in [1.54, 1.807) is 0 Å². The number of amides is 2. The Balaban J connectivity index is 2.02. The van der Waals surface area contributed by atoms with Crippen LogP contribution in [-0.4, -0.2) is 29.7 Å². The molecule has 0 saturated heterocycles. The van der Waals surface area contributed by atoms with Gasteiger partial charge in [0.1, 0.15) is 0 Å². The quantitative estimate of drug-likeness (QED) is 0.645. The highest BCUT2D eigenvalue weighted by Gasteiger charge is 2.22. The van der Waals surface area contributed by atoms with Crippen molar-refractivity contribution in [3.8, 4) is 0 Å². The van der Waals surface area contributed by atoms with Crippen molar-refractivity contribution in [3.05, 3.63) is 71.8 Å². The number of urea groups is 1. The van der Waals surface area contributed by atoms with Gasteiger partial charge in [-0.25, -0.2) is 4.79 Å². The molecule has 0 fully saturated rings. The second-order valence-electron chi connectivity index (χ2n) is 5.99. The van der Waals surface area contributed by atoms with Crippen LogP contribution in [0.3, 0.4) is 0 Å². The Morgan fingerprint density at radius 1 is 0.960 bits per heavy atom. The van der Waals surface area contributed by atoms with Crippen LogP contribution in [0.4, 0.5) is 4.79 Å². The number of aliphatic carboxylic acids is 1. The molecule has 0 radical (unpaired) electrons. The first kappa shape index (κ1) is 18.5. The highest BCUT2D eigenvalue weighted by molar-refractivity contribution is 5.74. The molecule has 0 aliphatic carbocycles.